The fourth-order valence-electron chi connectivity index (χ4n) is 4.06. The third-order valence-electron chi connectivity index (χ3n) is 5.46. The van der Waals surface area contributed by atoms with E-state index in [2.05, 4.69) is 8.37 Å². The zero-order valence-corrected chi connectivity index (χ0v) is 24.7. The Bertz CT molecular complexity index is 1240. The van der Waals surface area contributed by atoms with E-state index in [-0.39, 0.29) is 0 Å². The molecule has 2 heterocycles. The van der Waals surface area contributed by atoms with E-state index >= 15 is 0 Å². The molecule has 0 bridgehead atoms. The van der Waals surface area contributed by atoms with Crippen molar-refractivity contribution in [1.29, 1.82) is 0 Å². The van der Waals surface area contributed by atoms with Crippen LogP contribution in [0.15, 0.2) is 0 Å². The van der Waals surface area contributed by atoms with Crippen LogP contribution >= 0.6 is 0 Å². The summed E-state index contributed by atoms with van der Waals surface area (Å²) in [6, 6.07) is -1.95. The van der Waals surface area contributed by atoms with Crippen LogP contribution in [0.25, 0.3) is 0 Å². The van der Waals surface area contributed by atoms with E-state index in [0.717, 1.165) is 0 Å². The highest BCUT2D eigenvalue weighted by Crippen LogP contribution is 2.33. The SMILES string of the molecule is CC(C)O[C@H]1OC(COS(=O)(=O)O)[C@@H](O[C@@H]2OC(C(=O)O)[C@@H](OC(C)C)[C@@H](O)C2OS(=O)(=O)O)[C@@H](O)C1NS(=O)(=O)O. The van der Waals surface area contributed by atoms with Crippen molar-refractivity contribution in [2.24, 2.45) is 0 Å². The summed E-state index contributed by atoms with van der Waals surface area (Å²) in [5.41, 5.74) is 0. The molecule has 2 fully saturated rings. The predicted octanol–water partition coefficient (Wildman–Crippen LogP) is -3.39. The first-order chi connectivity index (χ1) is 19.0. The second kappa shape index (κ2) is 14.3. The maximum atomic E-state index is 11.9. The molecule has 2 saturated heterocycles. The zero-order valence-electron chi connectivity index (χ0n) is 22.3. The molecule has 42 heavy (non-hydrogen) atoms. The summed E-state index contributed by atoms with van der Waals surface area (Å²) >= 11 is 0. The maximum absolute atomic E-state index is 11.9. The molecule has 2 aliphatic rings. The van der Waals surface area contributed by atoms with Crippen LogP contribution in [0.1, 0.15) is 27.7 Å². The Kier molecular flexibility index (Phi) is 12.6. The van der Waals surface area contributed by atoms with Crippen LogP contribution in [0.4, 0.5) is 0 Å². The van der Waals surface area contributed by atoms with E-state index in [9.17, 15) is 54.5 Å². The van der Waals surface area contributed by atoms with Crippen molar-refractivity contribution in [1.82, 2.24) is 4.72 Å². The van der Waals surface area contributed by atoms with E-state index in [0.29, 0.717) is 0 Å². The Morgan fingerprint density at radius 1 is 0.810 bits per heavy atom. The molecular weight excluding hydrogens is 646 g/mol. The smallest absolute Gasteiger partial charge is 0.397 e. The van der Waals surface area contributed by atoms with Gasteiger partial charge >= 0.3 is 37.1 Å². The fourth-order valence-corrected chi connectivity index (χ4v) is 5.44. The van der Waals surface area contributed by atoms with Crippen LogP contribution in [0.2, 0.25) is 0 Å². The van der Waals surface area contributed by atoms with Gasteiger partial charge in [-0.1, -0.05) is 0 Å². The van der Waals surface area contributed by atoms with Gasteiger partial charge in [0.2, 0.25) is 0 Å². The van der Waals surface area contributed by atoms with Gasteiger partial charge in [0.25, 0.3) is 0 Å². The van der Waals surface area contributed by atoms with Crippen LogP contribution in [-0.2, 0) is 67.9 Å². The van der Waals surface area contributed by atoms with Crippen LogP contribution in [0.3, 0.4) is 0 Å². The van der Waals surface area contributed by atoms with Gasteiger partial charge in [-0.3, -0.25) is 13.7 Å². The summed E-state index contributed by atoms with van der Waals surface area (Å²) < 4.78 is 134. The molecule has 0 saturated carbocycles. The number of hydrogen-bond acceptors (Lipinski definition) is 16. The molecule has 21 nitrogen and oxygen atoms in total. The molecule has 24 heteroatoms. The lowest BCUT2D eigenvalue weighted by Gasteiger charge is -2.47. The summed E-state index contributed by atoms with van der Waals surface area (Å²) in [7, 11) is -15.7. The predicted molar refractivity (Wildman–Crippen MR) is 130 cm³/mol. The monoisotopic (exact) mass is 679 g/mol. The van der Waals surface area contributed by atoms with Crippen molar-refractivity contribution in [3.8, 4) is 0 Å². The lowest BCUT2D eigenvalue weighted by Crippen LogP contribution is -2.68. The Morgan fingerprint density at radius 2 is 1.38 bits per heavy atom. The number of carboxylic acids is 1. The highest BCUT2D eigenvalue weighted by atomic mass is 32.3. The van der Waals surface area contributed by atoms with Gasteiger partial charge < -0.3 is 39.0 Å². The second-order valence-electron chi connectivity index (χ2n) is 9.54. The number of aliphatic hydroxyl groups is 2. The standard InChI is InChI=1S/C18H33NO20S3/c1-6(2)34-13-11(21)14(39-42(30,31)32)18(38-15(13)16(22)23)37-12-8(5-33-41(27,28)29)36-17(35-7(3)4)9(10(12)20)19-40(24,25)26/h6-15,17-21H,5H2,1-4H3,(H,22,23)(H,24,25,26)(H,27,28,29)(H,30,31,32)/t8?,9?,10-,11+,12+,13-,14?,15?,17-,18+/m0/s1. The molecule has 2 aliphatic heterocycles. The van der Waals surface area contributed by atoms with Crippen molar-refractivity contribution in [2.75, 3.05) is 6.61 Å². The van der Waals surface area contributed by atoms with Crippen LogP contribution in [0.5, 0.6) is 0 Å². The fraction of sp³-hybridized carbons (Fsp3) is 0.944. The number of rotatable bonds is 14. The third-order valence-corrected chi connectivity index (χ3v) is 6.93. The summed E-state index contributed by atoms with van der Waals surface area (Å²) in [5.74, 6) is -1.76. The lowest BCUT2D eigenvalue weighted by molar-refractivity contribution is -0.345. The number of carboxylic acid groups (broad SMARTS) is 1. The van der Waals surface area contributed by atoms with Gasteiger partial charge in [-0.2, -0.15) is 30.0 Å². The molecule has 0 radical (unpaired) electrons. The number of aliphatic carboxylic acids is 1. The first-order valence-corrected chi connectivity index (χ1v) is 16.0. The Morgan fingerprint density at radius 3 is 1.83 bits per heavy atom. The van der Waals surface area contributed by atoms with Gasteiger partial charge in [0.15, 0.2) is 24.8 Å². The minimum atomic E-state index is -5.43. The molecule has 4 unspecified atom stereocenters. The van der Waals surface area contributed by atoms with Crippen LogP contribution < -0.4 is 4.72 Å². The highest BCUT2D eigenvalue weighted by molar-refractivity contribution is 7.83. The van der Waals surface area contributed by atoms with Crippen molar-refractivity contribution < 1.29 is 91.1 Å². The molecule has 7 N–H and O–H groups in total. The normalized spacial score (nSPS) is 35.0. The molecule has 248 valence electrons. The minimum Gasteiger partial charge on any atom is -0.479 e. The van der Waals surface area contributed by atoms with E-state index in [1.54, 1.807) is 4.72 Å². The summed E-state index contributed by atoms with van der Waals surface area (Å²) in [5, 5.41) is 31.6. The number of nitrogens with one attached hydrogen (secondary N) is 1. The topological polar surface area (TPSA) is 318 Å². The van der Waals surface area contributed by atoms with E-state index in [1.165, 1.54) is 27.7 Å². The number of ether oxygens (including phenoxy) is 5. The molecule has 2 rings (SSSR count). The van der Waals surface area contributed by atoms with E-state index in [1.807, 2.05) is 0 Å². The molecular formula is C18H33NO20S3. The molecule has 10 atom stereocenters. The molecule has 0 aromatic rings. The number of aliphatic hydroxyl groups excluding tert-OH is 2. The molecule has 0 aromatic carbocycles. The van der Waals surface area contributed by atoms with Gasteiger partial charge in [-0.25, -0.2) is 13.2 Å². The first kappa shape index (κ1) is 37.0. The van der Waals surface area contributed by atoms with Crippen LogP contribution in [0, 0.1) is 0 Å². The summed E-state index contributed by atoms with van der Waals surface area (Å²) in [4.78, 5) is 11.9. The maximum Gasteiger partial charge on any atom is 0.397 e. The second-order valence-corrected chi connectivity index (χ2v) is 12.9. The third kappa shape index (κ3) is 11.1. The zero-order chi connectivity index (χ0) is 32.4. The summed E-state index contributed by atoms with van der Waals surface area (Å²) in [6.45, 7) is 4.57. The van der Waals surface area contributed by atoms with Gasteiger partial charge in [0, 0.05) is 0 Å². The molecule has 0 spiro atoms. The lowest BCUT2D eigenvalue weighted by atomic mass is 9.95. The van der Waals surface area contributed by atoms with Crippen molar-refractivity contribution in [3.05, 3.63) is 0 Å². The Hall–Kier alpha value is -1.20. The average Bonchev–Trinajstić information content (AvgIpc) is 2.78. The van der Waals surface area contributed by atoms with Gasteiger partial charge in [-0.15, -0.1) is 0 Å². The van der Waals surface area contributed by atoms with Gasteiger partial charge in [-0.05, 0) is 27.7 Å². The molecule has 0 aromatic heterocycles. The van der Waals surface area contributed by atoms with Gasteiger partial charge in [0.05, 0.1) is 18.8 Å². The minimum absolute atomic E-state index is 0.743. The first-order valence-electron chi connectivity index (χ1n) is 11.9. The van der Waals surface area contributed by atoms with Crippen molar-refractivity contribution in [3.63, 3.8) is 0 Å². The molecule has 0 aliphatic carbocycles. The number of hydrogen-bond donors (Lipinski definition) is 7. The highest BCUT2D eigenvalue weighted by Gasteiger charge is 2.56. The van der Waals surface area contributed by atoms with E-state index in [4.69, 9.17) is 28.2 Å². The largest absolute Gasteiger partial charge is 0.479 e. The Labute approximate surface area is 240 Å². The molecule has 0 amide bonds. The van der Waals surface area contributed by atoms with Crippen LogP contribution in [-0.4, -0.2) is 140 Å². The van der Waals surface area contributed by atoms with Gasteiger partial charge in [0.1, 0.15) is 36.6 Å². The van der Waals surface area contributed by atoms with Crippen molar-refractivity contribution >= 4 is 37.1 Å². The average molecular weight is 680 g/mol. The number of carbonyl (C=O) groups is 1. The Balaban J connectivity index is 2.58. The quantitative estimate of drug-likeness (QED) is 0.0880. The van der Waals surface area contributed by atoms with Crippen molar-refractivity contribution in [2.45, 2.75) is 101 Å². The van der Waals surface area contributed by atoms with E-state index < -0.39 is 117 Å². The summed E-state index contributed by atoms with van der Waals surface area (Å²) in [6.07, 6.45) is -20.4.